The predicted octanol–water partition coefficient (Wildman–Crippen LogP) is 1.00. The molecule has 0 unspecified atom stereocenters. The molecule has 0 radical (unpaired) electrons. The fraction of sp³-hybridized carbons (Fsp3) is 0.565. The number of amides is 4. The number of allylic oxidation sites excluding steroid dienone is 4. The summed E-state index contributed by atoms with van der Waals surface area (Å²) in [7, 11) is 0. The summed E-state index contributed by atoms with van der Waals surface area (Å²) >= 11 is 0. The first-order valence-electron chi connectivity index (χ1n) is 10.9. The van der Waals surface area contributed by atoms with E-state index in [4.69, 9.17) is 0 Å². The minimum atomic E-state index is -0.241. The quantitative estimate of drug-likeness (QED) is 0.485. The smallest absolute Gasteiger partial charge is 0.234 e. The summed E-state index contributed by atoms with van der Waals surface area (Å²) in [5.74, 6) is -0.772. The minimum absolute atomic E-state index is 0.0909. The molecule has 2 saturated heterocycles. The lowest BCUT2D eigenvalue weighted by molar-refractivity contribution is -0.146. The van der Waals surface area contributed by atoms with Gasteiger partial charge in [0.2, 0.25) is 23.6 Å². The van der Waals surface area contributed by atoms with Crippen LogP contribution in [0.5, 0.6) is 0 Å². The molecule has 4 bridgehead atoms. The van der Waals surface area contributed by atoms with Crippen molar-refractivity contribution < 1.29 is 19.2 Å². The highest BCUT2D eigenvalue weighted by molar-refractivity contribution is 6.07. The lowest BCUT2D eigenvalue weighted by Gasteiger charge is -2.30. The Balaban J connectivity index is 1.19. The van der Waals surface area contributed by atoms with Crippen LogP contribution in [-0.2, 0) is 19.2 Å². The van der Waals surface area contributed by atoms with Crippen molar-refractivity contribution in [2.75, 3.05) is 19.9 Å². The summed E-state index contributed by atoms with van der Waals surface area (Å²) in [4.78, 5) is 56.5. The fourth-order valence-corrected chi connectivity index (χ4v) is 6.95. The van der Waals surface area contributed by atoms with Crippen LogP contribution in [0.2, 0.25) is 0 Å². The van der Waals surface area contributed by atoms with Crippen LogP contribution in [0.1, 0.15) is 12.8 Å². The van der Waals surface area contributed by atoms with Gasteiger partial charge >= 0.3 is 0 Å². The Labute approximate surface area is 175 Å². The van der Waals surface area contributed by atoms with Crippen molar-refractivity contribution in [2.45, 2.75) is 12.8 Å². The van der Waals surface area contributed by atoms with E-state index in [1.54, 1.807) is 11.0 Å². The monoisotopic (exact) mass is 407 g/mol. The molecule has 2 aliphatic heterocycles. The zero-order valence-electron chi connectivity index (χ0n) is 16.7. The number of carbonyl (C=O) groups is 4. The number of hydrogen-bond acceptors (Lipinski definition) is 5. The average Bonchev–Trinajstić information content (AvgIpc) is 3.55. The molecule has 156 valence electrons. The molecule has 4 fully saturated rings. The Bertz CT molecular complexity index is 809. The first-order valence-corrected chi connectivity index (χ1v) is 10.9. The molecule has 6 aliphatic rings. The second-order valence-corrected chi connectivity index (χ2v) is 9.63. The number of hydrogen-bond donors (Lipinski definition) is 0. The van der Waals surface area contributed by atoms with E-state index >= 15 is 0 Å². The normalized spacial score (nSPS) is 42.4. The van der Waals surface area contributed by atoms with E-state index in [9.17, 15) is 19.2 Å². The van der Waals surface area contributed by atoms with Gasteiger partial charge in [-0.25, -0.2) is 0 Å². The second-order valence-electron chi connectivity index (χ2n) is 9.63. The topological polar surface area (TPSA) is 78.0 Å². The third-order valence-corrected chi connectivity index (χ3v) is 8.19. The Kier molecular flexibility index (Phi) is 3.79. The van der Waals surface area contributed by atoms with Gasteiger partial charge in [0.05, 0.1) is 37.0 Å². The van der Waals surface area contributed by atoms with Crippen molar-refractivity contribution in [1.82, 2.24) is 14.7 Å². The largest absolute Gasteiger partial charge is 0.274 e. The summed E-state index contributed by atoms with van der Waals surface area (Å²) in [6.45, 7) is 4.34. The fourth-order valence-electron chi connectivity index (χ4n) is 6.95. The molecule has 0 aromatic heterocycles. The minimum Gasteiger partial charge on any atom is -0.274 e. The summed E-state index contributed by atoms with van der Waals surface area (Å²) in [5, 5.41) is 0. The molecule has 6 rings (SSSR count). The molecular weight excluding hydrogens is 382 g/mol. The first kappa shape index (κ1) is 18.2. The molecule has 4 amide bonds. The maximum absolute atomic E-state index is 13.0. The molecule has 0 spiro atoms. The third kappa shape index (κ3) is 2.24. The molecule has 30 heavy (non-hydrogen) atoms. The highest BCUT2D eigenvalue weighted by atomic mass is 16.2. The van der Waals surface area contributed by atoms with Crippen LogP contribution in [0.4, 0.5) is 0 Å². The third-order valence-electron chi connectivity index (χ3n) is 8.19. The molecule has 0 aromatic rings. The molecule has 8 atom stereocenters. The number of imide groups is 2. The van der Waals surface area contributed by atoms with Crippen molar-refractivity contribution in [3.05, 3.63) is 37.0 Å². The van der Waals surface area contributed by atoms with E-state index in [-0.39, 0.29) is 84.3 Å². The molecule has 4 aliphatic carbocycles. The van der Waals surface area contributed by atoms with Gasteiger partial charge < -0.3 is 0 Å². The van der Waals surface area contributed by atoms with Crippen molar-refractivity contribution in [2.24, 2.45) is 47.3 Å². The Morgan fingerprint density at radius 2 is 1.07 bits per heavy atom. The Morgan fingerprint density at radius 1 is 0.733 bits per heavy atom. The van der Waals surface area contributed by atoms with Crippen LogP contribution in [0.25, 0.3) is 0 Å². The first-order chi connectivity index (χ1) is 14.5. The molecule has 2 heterocycles. The number of nitrogens with zero attached hydrogens (tertiary/aromatic N) is 3. The lowest BCUT2D eigenvalue weighted by atomic mass is 9.85. The maximum Gasteiger partial charge on any atom is 0.234 e. The molecule has 0 aromatic carbocycles. The zero-order valence-corrected chi connectivity index (χ0v) is 16.7. The van der Waals surface area contributed by atoms with E-state index < -0.39 is 0 Å². The van der Waals surface area contributed by atoms with Gasteiger partial charge in [-0.2, -0.15) is 0 Å². The van der Waals surface area contributed by atoms with Gasteiger partial charge in [-0.1, -0.05) is 30.4 Å². The van der Waals surface area contributed by atoms with Crippen LogP contribution in [-0.4, -0.2) is 58.2 Å². The second kappa shape index (κ2) is 6.23. The number of likely N-dealkylation sites (tertiary alicyclic amines) is 2. The van der Waals surface area contributed by atoms with Gasteiger partial charge in [0.15, 0.2) is 0 Å². The van der Waals surface area contributed by atoms with Gasteiger partial charge in [-0.15, -0.1) is 6.58 Å². The molecule has 0 N–H and O–H groups in total. The van der Waals surface area contributed by atoms with Crippen LogP contribution < -0.4 is 0 Å². The predicted molar refractivity (Wildman–Crippen MR) is 106 cm³/mol. The van der Waals surface area contributed by atoms with E-state index in [1.165, 1.54) is 9.80 Å². The van der Waals surface area contributed by atoms with Gasteiger partial charge in [0.1, 0.15) is 0 Å². The van der Waals surface area contributed by atoms with Gasteiger partial charge in [0, 0.05) is 6.54 Å². The number of carbonyl (C=O) groups excluding carboxylic acids is 4. The number of rotatable bonds is 6. The van der Waals surface area contributed by atoms with Gasteiger partial charge in [-0.05, 0) is 36.5 Å². The van der Waals surface area contributed by atoms with E-state index in [1.807, 2.05) is 0 Å². The van der Waals surface area contributed by atoms with E-state index in [2.05, 4.69) is 30.9 Å². The Morgan fingerprint density at radius 3 is 1.37 bits per heavy atom. The summed E-state index contributed by atoms with van der Waals surface area (Å²) < 4.78 is 0. The summed E-state index contributed by atoms with van der Waals surface area (Å²) in [6, 6.07) is 0. The van der Waals surface area contributed by atoms with Crippen molar-refractivity contribution in [3.8, 4) is 0 Å². The van der Waals surface area contributed by atoms with Crippen LogP contribution >= 0.6 is 0 Å². The maximum atomic E-state index is 13.0. The van der Waals surface area contributed by atoms with Crippen molar-refractivity contribution in [1.29, 1.82) is 0 Å². The van der Waals surface area contributed by atoms with E-state index in [0.29, 0.717) is 6.54 Å². The highest BCUT2D eigenvalue weighted by Gasteiger charge is 2.61. The molecule has 7 heteroatoms. The zero-order chi connectivity index (χ0) is 20.7. The highest BCUT2D eigenvalue weighted by Crippen LogP contribution is 2.53. The van der Waals surface area contributed by atoms with E-state index in [0.717, 1.165) is 12.8 Å². The van der Waals surface area contributed by atoms with Gasteiger partial charge in [0.25, 0.3) is 0 Å². The standard InChI is InChI=1S/C23H25N3O4/c1-2-7-24(10-25-20(27)16-12-3-4-13(8-12)17(16)21(25)28)11-26-22(29)18-14-5-6-15(9-14)19(18)23(26)30/h2-6,12-19H,1,7-11H2/t12-,13-,14-,15-,16-,17-,18-,19+/m0/s1. The van der Waals surface area contributed by atoms with Crippen LogP contribution in [0.3, 0.4) is 0 Å². The Hall–Kier alpha value is -2.54. The summed E-state index contributed by atoms with van der Waals surface area (Å²) in [6.07, 6.45) is 11.8. The van der Waals surface area contributed by atoms with Gasteiger partial charge in [-0.3, -0.25) is 33.9 Å². The lowest BCUT2D eigenvalue weighted by Crippen LogP contribution is -2.49. The average molecular weight is 407 g/mol. The summed E-state index contributed by atoms with van der Waals surface area (Å²) in [5.41, 5.74) is 0. The van der Waals surface area contributed by atoms with Crippen molar-refractivity contribution >= 4 is 23.6 Å². The van der Waals surface area contributed by atoms with Crippen LogP contribution in [0, 0.1) is 47.3 Å². The molecular formula is C23H25N3O4. The van der Waals surface area contributed by atoms with Crippen LogP contribution in [0.15, 0.2) is 37.0 Å². The number of fused-ring (bicyclic) bond motifs is 10. The van der Waals surface area contributed by atoms with Crippen molar-refractivity contribution in [3.63, 3.8) is 0 Å². The molecule has 2 saturated carbocycles. The molecule has 7 nitrogen and oxygen atoms in total. The SMILES string of the molecule is C=CCN(CN1C(=O)[C@@H]2[C@@H](C1=O)[C@H]1C=C[C@H]2C1)CN1C(=O)[C@@H]2[C@H](C1=O)[C@H]1C=C[C@H]2C1.